The Morgan fingerprint density at radius 2 is 2.16 bits per heavy atom. The molecule has 106 valence electrons. The summed E-state index contributed by atoms with van der Waals surface area (Å²) in [5.41, 5.74) is 7.94. The molecule has 0 aliphatic carbocycles. The molecule has 1 aromatic rings. The van der Waals surface area contributed by atoms with Crippen molar-refractivity contribution in [3.05, 3.63) is 28.2 Å². The number of hydrogen-bond donors (Lipinski definition) is 1. The van der Waals surface area contributed by atoms with Crippen LogP contribution in [0.1, 0.15) is 24.9 Å². The Morgan fingerprint density at radius 3 is 2.63 bits per heavy atom. The smallest absolute Gasteiger partial charge is 0.152 e. The van der Waals surface area contributed by atoms with Crippen molar-refractivity contribution in [2.75, 3.05) is 23.5 Å². The summed E-state index contributed by atoms with van der Waals surface area (Å²) in [6, 6.07) is 6.03. The molecule has 2 atom stereocenters. The van der Waals surface area contributed by atoms with E-state index in [4.69, 9.17) is 5.73 Å². The summed E-state index contributed by atoms with van der Waals surface area (Å²) >= 11 is 3.52. The molecule has 19 heavy (non-hydrogen) atoms. The maximum atomic E-state index is 11.5. The fourth-order valence-electron chi connectivity index (χ4n) is 2.40. The third-order valence-electron chi connectivity index (χ3n) is 3.64. The molecule has 1 aliphatic rings. The van der Waals surface area contributed by atoms with Gasteiger partial charge in [-0.15, -0.1) is 0 Å². The van der Waals surface area contributed by atoms with Crippen LogP contribution in [0.5, 0.6) is 0 Å². The predicted molar refractivity (Wildman–Crippen MR) is 82.2 cm³/mol. The largest absolute Gasteiger partial charge is 0.371 e. The minimum absolute atomic E-state index is 0.0272. The molecule has 6 heteroatoms. The van der Waals surface area contributed by atoms with Crippen LogP contribution >= 0.6 is 15.9 Å². The van der Waals surface area contributed by atoms with Crippen LogP contribution in [-0.4, -0.2) is 33.0 Å². The van der Waals surface area contributed by atoms with Crippen LogP contribution in [0.4, 0.5) is 5.69 Å². The van der Waals surface area contributed by atoms with Crippen LogP contribution in [0.3, 0.4) is 0 Å². The van der Waals surface area contributed by atoms with E-state index in [0.29, 0.717) is 12.2 Å². The van der Waals surface area contributed by atoms with Crippen LogP contribution in [0, 0.1) is 0 Å². The van der Waals surface area contributed by atoms with Gasteiger partial charge in [-0.05, 0) is 31.0 Å². The second-order valence-corrected chi connectivity index (χ2v) is 8.25. The zero-order valence-corrected chi connectivity index (χ0v) is 13.5. The first-order valence-corrected chi connectivity index (χ1v) is 8.90. The Kier molecular flexibility index (Phi) is 4.23. The molecule has 0 aromatic heterocycles. The maximum Gasteiger partial charge on any atom is 0.152 e. The number of anilines is 1. The van der Waals surface area contributed by atoms with Crippen molar-refractivity contribution in [1.29, 1.82) is 0 Å². The molecule has 2 N–H and O–H groups in total. The highest BCUT2D eigenvalue weighted by Gasteiger charge is 2.30. The van der Waals surface area contributed by atoms with E-state index in [1.807, 2.05) is 37.1 Å². The summed E-state index contributed by atoms with van der Waals surface area (Å²) in [5, 5.41) is 0. The fourth-order valence-corrected chi connectivity index (χ4v) is 4.90. The third-order valence-corrected chi connectivity index (χ3v) is 6.08. The molecule has 1 aromatic carbocycles. The minimum Gasteiger partial charge on any atom is -0.371 e. The topological polar surface area (TPSA) is 63.4 Å². The van der Waals surface area contributed by atoms with Crippen molar-refractivity contribution in [3.63, 3.8) is 0 Å². The number of nitrogens with zero attached hydrogens (tertiary/aromatic N) is 1. The van der Waals surface area contributed by atoms with Gasteiger partial charge < -0.3 is 10.6 Å². The van der Waals surface area contributed by atoms with Crippen LogP contribution in [0.15, 0.2) is 22.7 Å². The van der Waals surface area contributed by atoms with Crippen molar-refractivity contribution >= 4 is 31.5 Å². The zero-order chi connectivity index (χ0) is 14.2. The highest BCUT2D eigenvalue weighted by Crippen LogP contribution is 2.29. The van der Waals surface area contributed by atoms with Gasteiger partial charge in [0.1, 0.15) is 0 Å². The molecule has 1 heterocycles. The first-order valence-electron chi connectivity index (χ1n) is 6.28. The fraction of sp³-hybridized carbons (Fsp3) is 0.538. The summed E-state index contributed by atoms with van der Waals surface area (Å²) in [7, 11) is -0.910. The first-order chi connectivity index (χ1) is 8.80. The van der Waals surface area contributed by atoms with Gasteiger partial charge >= 0.3 is 0 Å². The summed E-state index contributed by atoms with van der Waals surface area (Å²) < 4.78 is 24.0. The molecule has 0 saturated carbocycles. The third kappa shape index (κ3) is 3.30. The number of halogens is 1. The molecular weight excluding hydrogens is 328 g/mol. The van der Waals surface area contributed by atoms with E-state index >= 15 is 0 Å². The Balaban J connectivity index is 2.21. The lowest BCUT2D eigenvalue weighted by Crippen LogP contribution is -2.32. The van der Waals surface area contributed by atoms with E-state index in [-0.39, 0.29) is 17.8 Å². The Hall–Kier alpha value is -0.590. The Labute approximate surface area is 123 Å². The van der Waals surface area contributed by atoms with Crippen LogP contribution in [0.25, 0.3) is 0 Å². The van der Waals surface area contributed by atoms with Gasteiger partial charge in [0.15, 0.2) is 9.84 Å². The number of benzene rings is 1. The number of hydrogen-bond acceptors (Lipinski definition) is 4. The summed E-state index contributed by atoms with van der Waals surface area (Å²) in [4.78, 5) is 2.04. The van der Waals surface area contributed by atoms with Crippen LogP contribution in [-0.2, 0) is 9.84 Å². The van der Waals surface area contributed by atoms with E-state index in [9.17, 15) is 8.42 Å². The van der Waals surface area contributed by atoms with Crippen molar-refractivity contribution in [2.45, 2.75) is 25.4 Å². The van der Waals surface area contributed by atoms with Gasteiger partial charge in [0.2, 0.25) is 0 Å². The van der Waals surface area contributed by atoms with Gasteiger partial charge in [-0.25, -0.2) is 8.42 Å². The number of nitrogens with two attached hydrogens (primary N) is 1. The van der Waals surface area contributed by atoms with Gasteiger partial charge in [0.25, 0.3) is 0 Å². The highest BCUT2D eigenvalue weighted by atomic mass is 79.9. The van der Waals surface area contributed by atoms with E-state index < -0.39 is 9.84 Å². The summed E-state index contributed by atoms with van der Waals surface area (Å²) in [6.07, 6.45) is 0.700. The second kappa shape index (κ2) is 5.42. The average Bonchev–Trinajstić information content (AvgIpc) is 2.68. The van der Waals surface area contributed by atoms with Gasteiger partial charge in [-0.1, -0.05) is 22.0 Å². The molecule has 0 amide bonds. The Bertz CT molecular complexity index is 572. The van der Waals surface area contributed by atoms with E-state index in [0.717, 1.165) is 15.7 Å². The van der Waals surface area contributed by atoms with Gasteiger partial charge in [0, 0.05) is 29.3 Å². The quantitative estimate of drug-likeness (QED) is 0.910. The molecule has 2 rings (SSSR count). The van der Waals surface area contributed by atoms with Crippen molar-refractivity contribution in [2.24, 2.45) is 5.73 Å². The molecule has 0 bridgehead atoms. The second-order valence-electron chi connectivity index (χ2n) is 5.16. The summed E-state index contributed by atoms with van der Waals surface area (Å²) in [5.74, 6) is 0.539. The van der Waals surface area contributed by atoms with E-state index in [1.165, 1.54) is 0 Å². The molecule has 1 unspecified atom stereocenters. The maximum absolute atomic E-state index is 11.5. The van der Waals surface area contributed by atoms with Gasteiger partial charge in [-0.2, -0.15) is 0 Å². The Morgan fingerprint density at radius 1 is 1.47 bits per heavy atom. The molecule has 0 radical (unpaired) electrons. The standard InChI is InChI=1S/C13H19BrN2O2S/c1-9(15)12-4-3-10(7-13(12)14)16(2)11-5-6-19(17,18)8-11/h3-4,7,9,11H,5-6,8,15H2,1-2H3/t9-,11?/m0/s1. The molecule has 1 aliphatic heterocycles. The number of sulfone groups is 1. The predicted octanol–water partition coefficient (Wildman–Crippen LogP) is 2.09. The van der Waals surface area contributed by atoms with E-state index in [2.05, 4.69) is 15.9 Å². The molecule has 1 saturated heterocycles. The van der Waals surface area contributed by atoms with Gasteiger partial charge in [0.05, 0.1) is 11.5 Å². The van der Waals surface area contributed by atoms with Crippen molar-refractivity contribution < 1.29 is 8.42 Å². The van der Waals surface area contributed by atoms with Crippen LogP contribution < -0.4 is 10.6 Å². The zero-order valence-electron chi connectivity index (χ0n) is 11.1. The minimum atomic E-state index is -2.85. The van der Waals surface area contributed by atoms with Crippen molar-refractivity contribution in [3.8, 4) is 0 Å². The number of rotatable bonds is 3. The average molecular weight is 347 g/mol. The lowest BCUT2D eigenvalue weighted by Gasteiger charge is -2.26. The lowest BCUT2D eigenvalue weighted by atomic mass is 10.1. The highest BCUT2D eigenvalue weighted by molar-refractivity contribution is 9.10. The van der Waals surface area contributed by atoms with Crippen LogP contribution in [0.2, 0.25) is 0 Å². The molecule has 1 fully saturated rings. The lowest BCUT2D eigenvalue weighted by molar-refractivity contribution is 0.601. The first kappa shape index (κ1) is 14.8. The normalized spacial score (nSPS) is 23.3. The van der Waals surface area contributed by atoms with Gasteiger partial charge in [-0.3, -0.25) is 0 Å². The monoisotopic (exact) mass is 346 g/mol. The molecule has 0 spiro atoms. The SMILES string of the molecule is C[C@H](N)c1ccc(N(C)C2CCS(=O)(=O)C2)cc1Br. The summed E-state index contributed by atoms with van der Waals surface area (Å²) in [6.45, 7) is 1.94. The molecular formula is C13H19BrN2O2S. The van der Waals surface area contributed by atoms with Crippen molar-refractivity contribution in [1.82, 2.24) is 0 Å². The van der Waals surface area contributed by atoms with E-state index in [1.54, 1.807) is 0 Å². The molecule has 4 nitrogen and oxygen atoms in total.